The highest BCUT2D eigenvalue weighted by Gasteiger charge is 2.18. The van der Waals surface area contributed by atoms with Crippen molar-refractivity contribution in [2.45, 2.75) is 26.7 Å². The number of hydrazine groups is 1. The van der Waals surface area contributed by atoms with Gasteiger partial charge in [-0.25, -0.2) is 4.39 Å². The number of benzene rings is 2. The van der Waals surface area contributed by atoms with Crippen LogP contribution in [0.1, 0.15) is 34.1 Å². The summed E-state index contributed by atoms with van der Waals surface area (Å²) >= 11 is 5.88. The highest BCUT2D eigenvalue weighted by molar-refractivity contribution is 6.30. The van der Waals surface area contributed by atoms with E-state index in [1.807, 2.05) is 11.5 Å². The smallest absolute Gasteiger partial charge is 0.271 e. The molecule has 0 aliphatic rings. The normalized spacial score (nSPS) is 10.8. The number of aromatic nitrogens is 3. The molecule has 0 radical (unpaired) electrons. The van der Waals surface area contributed by atoms with Gasteiger partial charge in [0.15, 0.2) is 0 Å². The van der Waals surface area contributed by atoms with Crippen molar-refractivity contribution in [3.8, 4) is 17.1 Å². The van der Waals surface area contributed by atoms with Crippen molar-refractivity contribution in [3.05, 3.63) is 88.3 Å². The first-order valence-corrected chi connectivity index (χ1v) is 10.8. The zero-order chi connectivity index (χ0) is 24.2. The Morgan fingerprint density at radius 2 is 1.76 bits per heavy atom. The average Bonchev–Trinajstić information content (AvgIpc) is 3.41. The molecule has 174 valence electrons. The number of carbonyl (C=O) groups excluding carboxylic acids is 2. The number of hydrogen-bond donors (Lipinski definition) is 2. The Bertz CT molecular complexity index is 1330. The molecule has 4 rings (SSSR count). The number of aryl methyl sites for hydroxylation is 2. The summed E-state index contributed by atoms with van der Waals surface area (Å²) in [4.78, 5) is 29.1. The molecule has 2 N–H and O–H groups in total. The van der Waals surface area contributed by atoms with E-state index < -0.39 is 11.8 Å². The van der Waals surface area contributed by atoms with E-state index in [0.717, 1.165) is 16.9 Å². The molecule has 2 aromatic carbocycles. The summed E-state index contributed by atoms with van der Waals surface area (Å²) in [5.74, 6) is -0.510. The van der Waals surface area contributed by atoms with Gasteiger partial charge >= 0.3 is 0 Å². The predicted octanol–water partition coefficient (Wildman–Crippen LogP) is 4.33. The summed E-state index contributed by atoms with van der Waals surface area (Å²) in [5.41, 5.74) is 8.16. The Balaban J connectivity index is 1.32. The number of halogens is 2. The van der Waals surface area contributed by atoms with Crippen molar-refractivity contribution in [1.82, 2.24) is 25.6 Å². The van der Waals surface area contributed by atoms with Gasteiger partial charge in [-0.3, -0.25) is 20.4 Å². The molecular weight excluding hydrogens is 461 g/mol. The van der Waals surface area contributed by atoms with E-state index in [1.165, 1.54) is 12.1 Å². The first-order valence-electron chi connectivity index (χ1n) is 10.4. The third kappa shape index (κ3) is 5.15. The largest absolute Gasteiger partial charge is 0.339 e. The molecule has 8 nitrogen and oxygen atoms in total. The van der Waals surface area contributed by atoms with Gasteiger partial charge in [0, 0.05) is 40.5 Å². The second-order valence-electron chi connectivity index (χ2n) is 7.62. The van der Waals surface area contributed by atoms with Gasteiger partial charge < -0.3 is 9.09 Å². The van der Waals surface area contributed by atoms with E-state index >= 15 is 0 Å². The van der Waals surface area contributed by atoms with Gasteiger partial charge in [0.1, 0.15) is 5.82 Å². The van der Waals surface area contributed by atoms with Crippen LogP contribution in [-0.2, 0) is 11.2 Å². The third-order valence-corrected chi connectivity index (χ3v) is 5.46. The fourth-order valence-corrected chi connectivity index (χ4v) is 3.66. The lowest BCUT2D eigenvalue weighted by Crippen LogP contribution is -2.41. The number of nitrogens with zero attached hydrogens (tertiary/aromatic N) is 3. The number of nitrogens with one attached hydrogen (secondary N) is 2. The minimum atomic E-state index is -0.461. The summed E-state index contributed by atoms with van der Waals surface area (Å²) in [6, 6.07) is 14.7. The van der Waals surface area contributed by atoms with E-state index in [-0.39, 0.29) is 18.7 Å². The Hall–Kier alpha value is -3.98. The summed E-state index contributed by atoms with van der Waals surface area (Å²) in [6.45, 7) is 3.62. The second kappa shape index (κ2) is 9.88. The van der Waals surface area contributed by atoms with Crippen molar-refractivity contribution in [2.75, 3.05) is 0 Å². The Morgan fingerprint density at radius 3 is 2.47 bits per heavy atom. The molecule has 0 saturated carbocycles. The Morgan fingerprint density at radius 1 is 1.06 bits per heavy atom. The monoisotopic (exact) mass is 481 g/mol. The van der Waals surface area contributed by atoms with Crippen LogP contribution >= 0.6 is 11.6 Å². The number of rotatable bonds is 6. The summed E-state index contributed by atoms with van der Waals surface area (Å²) in [7, 11) is 0. The highest BCUT2D eigenvalue weighted by atomic mass is 35.5. The fourth-order valence-electron chi connectivity index (χ4n) is 3.53. The maximum absolute atomic E-state index is 13.2. The molecule has 2 amide bonds. The molecule has 2 aromatic heterocycles. The zero-order valence-electron chi connectivity index (χ0n) is 18.4. The van der Waals surface area contributed by atoms with Crippen LogP contribution in [0.4, 0.5) is 4.39 Å². The highest BCUT2D eigenvalue weighted by Crippen LogP contribution is 2.21. The molecule has 0 unspecified atom stereocenters. The predicted molar refractivity (Wildman–Crippen MR) is 124 cm³/mol. The van der Waals surface area contributed by atoms with Gasteiger partial charge in [0.2, 0.25) is 17.6 Å². The van der Waals surface area contributed by atoms with Crippen LogP contribution in [0.25, 0.3) is 17.1 Å². The van der Waals surface area contributed by atoms with Crippen molar-refractivity contribution < 1.29 is 18.5 Å². The molecule has 0 aliphatic heterocycles. The molecule has 4 aromatic rings. The van der Waals surface area contributed by atoms with Gasteiger partial charge in [0.25, 0.3) is 5.91 Å². The van der Waals surface area contributed by atoms with Gasteiger partial charge in [-0.2, -0.15) is 4.98 Å². The topological polar surface area (TPSA) is 102 Å². The number of hydrogen-bond acceptors (Lipinski definition) is 5. The quantitative estimate of drug-likeness (QED) is 0.399. The molecule has 0 saturated heterocycles. The van der Waals surface area contributed by atoms with Crippen LogP contribution < -0.4 is 10.9 Å². The van der Waals surface area contributed by atoms with E-state index in [4.69, 9.17) is 16.1 Å². The summed E-state index contributed by atoms with van der Waals surface area (Å²) in [6.07, 6.45) is 0.249. The van der Waals surface area contributed by atoms with Crippen molar-refractivity contribution >= 4 is 23.4 Å². The molecule has 0 fully saturated rings. The lowest BCUT2D eigenvalue weighted by atomic mass is 10.2. The molecular formula is C24H21ClFN5O3. The maximum atomic E-state index is 13.2. The molecule has 2 heterocycles. The fraction of sp³-hybridized carbons (Fsp3) is 0.167. The molecule has 0 atom stereocenters. The minimum Gasteiger partial charge on any atom is -0.339 e. The number of carbonyl (C=O) groups is 2. The SMILES string of the molecule is Cc1cc(C(=O)NNC(=O)CCc2nc(-c3ccc(Cl)cc3)no2)c(C)n1-c1ccc(F)cc1. The van der Waals surface area contributed by atoms with Crippen molar-refractivity contribution in [3.63, 3.8) is 0 Å². The van der Waals surface area contributed by atoms with Crippen LogP contribution in [0.15, 0.2) is 59.1 Å². The van der Waals surface area contributed by atoms with Crippen molar-refractivity contribution in [1.29, 1.82) is 0 Å². The van der Waals surface area contributed by atoms with Gasteiger partial charge in [-0.1, -0.05) is 16.8 Å². The van der Waals surface area contributed by atoms with Gasteiger partial charge in [0.05, 0.1) is 5.56 Å². The summed E-state index contributed by atoms with van der Waals surface area (Å²) in [5, 5.41) is 4.50. The molecule has 10 heteroatoms. The minimum absolute atomic E-state index is 0.0388. The molecule has 34 heavy (non-hydrogen) atoms. The standard InChI is InChI=1S/C24H21ClFN5O3/c1-14-13-20(15(2)31(14)19-9-7-18(26)8-10-19)24(33)29-28-21(32)11-12-22-27-23(30-34-22)16-3-5-17(25)6-4-16/h3-10,13H,11-12H2,1-2H3,(H,28,32)(H,29,33). The third-order valence-electron chi connectivity index (χ3n) is 5.21. The van der Waals surface area contributed by atoms with Crippen molar-refractivity contribution in [2.24, 2.45) is 0 Å². The first kappa shape index (κ1) is 23.2. The van der Waals surface area contributed by atoms with Gasteiger partial charge in [-0.05, 0) is 68.4 Å². The van der Waals surface area contributed by atoms with E-state index in [2.05, 4.69) is 21.0 Å². The Kier molecular flexibility index (Phi) is 6.74. The number of amides is 2. The van der Waals surface area contributed by atoms with Crippen LogP contribution in [0.2, 0.25) is 5.02 Å². The van der Waals surface area contributed by atoms with Crippen LogP contribution in [-0.4, -0.2) is 26.5 Å². The zero-order valence-corrected chi connectivity index (χ0v) is 19.2. The maximum Gasteiger partial charge on any atom is 0.271 e. The van der Waals surface area contributed by atoms with Crippen LogP contribution in [0.3, 0.4) is 0 Å². The molecule has 0 aliphatic carbocycles. The molecule has 0 bridgehead atoms. The summed E-state index contributed by atoms with van der Waals surface area (Å²) < 4.78 is 20.3. The molecule has 0 spiro atoms. The lowest BCUT2D eigenvalue weighted by molar-refractivity contribution is -0.121. The van der Waals surface area contributed by atoms with E-state index in [9.17, 15) is 14.0 Å². The van der Waals surface area contributed by atoms with E-state index in [1.54, 1.807) is 49.4 Å². The van der Waals surface area contributed by atoms with Crippen LogP contribution in [0, 0.1) is 19.7 Å². The lowest BCUT2D eigenvalue weighted by Gasteiger charge is -2.10. The Labute approximate surface area is 199 Å². The van der Waals surface area contributed by atoms with Crippen LogP contribution in [0.5, 0.6) is 0 Å². The average molecular weight is 482 g/mol. The first-order chi connectivity index (χ1) is 16.3. The van der Waals surface area contributed by atoms with Gasteiger partial charge in [-0.15, -0.1) is 0 Å². The van der Waals surface area contributed by atoms with E-state index in [0.29, 0.717) is 28.0 Å². The second-order valence-corrected chi connectivity index (χ2v) is 8.05.